The molecule has 1 N–H and O–H groups in total. The second-order valence-corrected chi connectivity index (χ2v) is 24.7. The first-order chi connectivity index (χ1) is 16.6. The molecule has 0 heterocycles. The SMILES string of the molecule is CC[Si](CC)(CC)OC[C@]1(CO)CCC2=C(CC[C@H]3C(C)(C)[C@@H](O[Si](C)(C)C(C)(C)C)CC[C@]23C)C1. The summed E-state index contributed by atoms with van der Waals surface area (Å²) in [6.07, 6.45) is 8.53. The van der Waals surface area contributed by atoms with E-state index < -0.39 is 16.6 Å². The van der Waals surface area contributed by atoms with Gasteiger partial charge in [-0.25, -0.2) is 0 Å². The molecule has 4 atom stereocenters. The highest BCUT2D eigenvalue weighted by Gasteiger charge is 2.57. The Labute approximate surface area is 226 Å². The number of allylic oxidation sites excluding steroid dienone is 2. The van der Waals surface area contributed by atoms with Gasteiger partial charge in [0.1, 0.15) is 0 Å². The quantitative estimate of drug-likeness (QED) is 0.236. The van der Waals surface area contributed by atoms with Crippen LogP contribution in [0.5, 0.6) is 0 Å². The first kappa shape index (κ1) is 30.6. The molecule has 0 spiro atoms. The summed E-state index contributed by atoms with van der Waals surface area (Å²) in [5.41, 5.74) is 3.82. The van der Waals surface area contributed by atoms with Gasteiger partial charge in [0.15, 0.2) is 16.6 Å². The first-order valence-corrected chi connectivity index (χ1v) is 20.6. The Morgan fingerprint density at radius 2 is 1.56 bits per heavy atom. The Balaban J connectivity index is 1.82. The van der Waals surface area contributed by atoms with Crippen molar-refractivity contribution in [2.24, 2.45) is 22.2 Å². The van der Waals surface area contributed by atoms with Crippen LogP contribution >= 0.6 is 0 Å². The Bertz CT molecular complexity index is 799. The summed E-state index contributed by atoms with van der Waals surface area (Å²) in [5, 5.41) is 10.9. The van der Waals surface area contributed by atoms with Gasteiger partial charge in [0.2, 0.25) is 0 Å². The van der Waals surface area contributed by atoms with Crippen molar-refractivity contribution >= 4 is 16.6 Å². The van der Waals surface area contributed by atoms with Gasteiger partial charge >= 0.3 is 0 Å². The van der Waals surface area contributed by atoms with Gasteiger partial charge in [-0.1, -0.05) is 73.5 Å². The van der Waals surface area contributed by atoms with Gasteiger partial charge in [0, 0.05) is 12.0 Å². The maximum absolute atomic E-state index is 10.6. The van der Waals surface area contributed by atoms with E-state index in [0.29, 0.717) is 12.0 Å². The Hall–Kier alpha value is 0.0538. The monoisotopic (exact) mass is 536 g/mol. The zero-order valence-electron chi connectivity index (χ0n) is 25.9. The van der Waals surface area contributed by atoms with Crippen molar-refractivity contribution in [2.75, 3.05) is 13.2 Å². The van der Waals surface area contributed by atoms with Gasteiger partial charge in [-0.05, 0) is 98.0 Å². The third kappa shape index (κ3) is 5.39. The molecule has 0 bridgehead atoms. The van der Waals surface area contributed by atoms with Crippen LogP contribution in [0, 0.1) is 22.2 Å². The number of hydrogen-bond acceptors (Lipinski definition) is 3. The summed E-state index contributed by atoms with van der Waals surface area (Å²) in [6.45, 7) is 27.5. The molecule has 1 saturated carbocycles. The van der Waals surface area contributed by atoms with Crippen LogP contribution in [0.1, 0.15) is 107 Å². The number of aliphatic hydroxyl groups excluding tert-OH is 1. The second kappa shape index (κ2) is 10.6. The average Bonchev–Trinajstić information content (AvgIpc) is 2.81. The van der Waals surface area contributed by atoms with E-state index in [9.17, 15) is 5.11 Å². The molecule has 1 fully saturated rings. The predicted octanol–water partition coefficient (Wildman–Crippen LogP) is 9.09. The van der Waals surface area contributed by atoms with Gasteiger partial charge in [-0.3, -0.25) is 0 Å². The van der Waals surface area contributed by atoms with E-state index >= 15 is 0 Å². The number of hydrogen-bond donors (Lipinski definition) is 1. The summed E-state index contributed by atoms with van der Waals surface area (Å²) < 4.78 is 13.9. The molecule has 5 heteroatoms. The molecule has 3 aliphatic carbocycles. The molecular formula is C31H60O3Si2. The van der Waals surface area contributed by atoms with Gasteiger partial charge in [0.25, 0.3) is 0 Å². The van der Waals surface area contributed by atoms with Crippen molar-refractivity contribution in [3.8, 4) is 0 Å². The maximum atomic E-state index is 10.6. The predicted molar refractivity (Wildman–Crippen MR) is 159 cm³/mol. The van der Waals surface area contributed by atoms with Crippen LogP contribution in [0.15, 0.2) is 11.1 Å². The van der Waals surface area contributed by atoms with Gasteiger partial charge in [-0.15, -0.1) is 0 Å². The molecule has 0 aromatic heterocycles. The van der Waals surface area contributed by atoms with E-state index in [1.54, 1.807) is 11.1 Å². The zero-order chi connectivity index (χ0) is 27.2. The van der Waals surface area contributed by atoms with Crippen molar-refractivity contribution in [1.29, 1.82) is 0 Å². The molecular weight excluding hydrogens is 477 g/mol. The third-order valence-corrected chi connectivity index (χ3v) is 21.1. The topological polar surface area (TPSA) is 38.7 Å². The Morgan fingerprint density at radius 3 is 2.08 bits per heavy atom. The van der Waals surface area contributed by atoms with Crippen molar-refractivity contribution in [1.82, 2.24) is 0 Å². The van der Waals surface area contributed by atoms with Crippen LogP contribution in [-0.4, -0.2) is 41.1 Å². The molecule has 0 radical (unpaired) electrons. The molecule has 3 aliphatic rings. The smallest absolute Gasteiger partial charge is 0.192 e. The molecule has 0 amide bonds. The molecule has 3 nitrogen and oxygen atoms in total. The van der Waals surface area contributed by atoms with Crippen LogP contribution in [0.4, 0.5) is 0 Å². The lowest BCUT2D eigenvalue weighted by Crippen LogP contribution is -2.57. The highest BCUT2D eigenvalue weighted by atomic mass is 28.4. The van der Waals surface area contributed by atoms with Crippen LogP contribution < -0.4 is 0 Å². The fourth-order valence-electron chi connectivity index (χ4n) is 7.95. The highest BCUT2D eigenvalue weighted by Crippen LogP contribution is 2.64. The summed E-state index contributed by atoms with van der Waals surface area (Å²) in [4.78, 5) is 0. The largest absolute Gasteiger partial charge is 0.416 e. The van der Waals surface area contributed by atoms with Crippen LogP contribution in [0.25, 0.3) is 0 Å². The molecule has 0 aromatic carbocycles. The van der Waals surface area contributed by atoms with E-state index in [1.807, 2.05) is 0 Å². The first-order valence-electron chi connectivity index (χ1n) is 15.2. The highest BCUT2D eigenvalue weighted by molar-refractivity contribution is 6.74. The van der Waals surface area contributed by atoms with Crippen molar-refractivity contribution in [3.63, 3.8) is 0 Å². The summed E-state index contributed by atoms with van der Waals surface area (Å²) >= 11 is 0. The van der Waals surface area contributed by atoms with Gasteiger partial charge in [0.05, 0.1) is 12.7 Å². The Kier molecular flexibility index (Phi) is 8.97. The minimum Gasteiger partial charge on any atom is -0.416 e. The number of aliphatic hydroxyl groups is 1. The fourth-order valence-corrected chi connectivity index (χ4v) is 12.2. The van der Waals surface area contributed by atoms with Gasteiger partial charge < -0.3 is 14.0 Å². The minimum atomic E-state index is -1.81. The summed E-state index contributed by atoms with van der Waals surface area (Å²) in [5.74, 6) is 0.672. The minimum absolute atomic E-state index is 0.0715. The molecule has 0 saturated heterocycles. The fraction of sp³-hybridized carbons (Fsp3) is 0.935. The molecule has 36 heavy (non-hydrogen) atoms. The number of rotatable bonds is 9. The molecule has 210 valence electrons. The zero-order valence-corrected chi connectivity index (χ0v) is 27.9. The van der Waals surface area contributed by atoms with Crippen molar-refractivity contribution in [2.45, 2.75) is 150 Å². The summed E-state index contributed by atoms with van der Waals surface area (Å²) in [7, 11) is -3.45. The average molecular weight is 537 g/mol. The summed E-state index contributed by atoms with van der Waals surface area (Å²) in [6, 6.07) is 3.55. The third-order valence-electron chi connectivity index (χ3n) is 12.0. The van der Waals surface area contributed by atoms with Crippen molar-refractivity contribution < 1.29 is 14.0 Å². The number of fused-ring (bicyclic) bond motifs is 2. The normalized spacial score (nSPS) is 33.3. The van der Waals surface area contributed by atoms with Crippen molar-refractivity contribution in [3.05, 3.63) is 11.1 Å². The molecule has 0 unspecified atom stereocenters. The lowest BCUT2D eigenvalue weighted by atomic mass is 9.47. The molecule has 0 aliphatic heterocycles. The van der Waals surface area contributed by atoms with Crippen LogP contribution in [0.2, 0.25) is 36.3 Å². The van der Waals surface area contributed by atoms with E-state index in [0.717, 1.165) is 25.9 Å². The standard InChI is InChI=1S/C31H60O3Si2/c1-12-36(13-2,14-3)33-23-31(22-32)20-17-25-24(21-31)15-16-26-29(7,8)27(18-19-30(25,26)9)34-35(10,11)28(4,5)6/h26-27,32H,12-23H2,1-11H3/t26-,27-,30+,31+/m0/s1. The molecule has 0 aromatic rings. The lowest BCUT2D eigenvalue weighted by molar-refractivity contribution is -0.0862. The van der Waals surface area contributed by atoms with E-state index in [2.05, 4.69) is 75.4 Å². The van der Waals surface area contributed by atoms with E-state index in [4.69, 9.17) is 8.85 Å². The Morgan fingerprint density at radius 1 is 0.944 bits per heavy atom. The van der Waals surface area contributed by atoms with Gasteiger partial charge in [-0.2, -0.15) is 0 Å². The van der Waals surface area contributed by atoms with E-state index in [1.165, 1.54) is 43.8 Å². The van der Waals surface area contributed by atoms with Crippen LogP contribution in [-0.2, 0) is 8.85 Å². The lowest BCUT2D eigenvalue weighted by Gasteiger charge is -2.60. The van der Waals surface area contributed by atoms with Crippen LogP contribution in [0.3, 0.4) is 0 Å². The maximum Gasteiger partial charge on any atom is 0.192 e. The molecule has 3 rings (SSSR count). The van der Waals surface area contributed by atoms with E-state index in [-0.39, 0.29) is 27.9 Å². The second-order valence-electron chi connectivity index (χ2n) is 15.2.